The van der Waals surface area contributed by atoms with Crippen molar-refractivity contribution in [3.63, 3.8) is 0 Å². The third-order valence-corrected chi connectivity index (χ3v) is 7.97. The van der Waals surface area contributed by atoms with Crippen molar-refractivity contribution in [1.29, 1.82) is 0 Å². The van der Waals surface area contributed by atoms with Crippen LogP contribution in [-0.4, -0.2) is 85.1 Å². The molecular weight excluding hydrogens is 563 g/mol. The summed E-state index contributed by atoms with van der Waals surface area (Å²) in [5.41, 5.74) is 1.86. The summed E-state index contributed by atoms with van der Waals surface area (Å²) in [5, 5.41) is 6.29. The van der Waals surface area contributed by atoms with Crippen molar-refractivity contribution in [3.8, 4) is 11.5 Å². The molecule has 0 radical (unpaired) electrons. The second kappa shape index (κ2) is 12.5. The third kappa shape index (κ3) is 5.97. The Morgan fingerprint density at radius 3 is 2.57 bits per heavy atom. The first-order valence-corrected chi connectivity index (χ1v) is 14.2. The molecule has 42 heavy (non-hydrogen) atoms. The van der Waals surface area contributed by atoms with Crippen LogP contribution in [-0.2, 0) is 9.53 Å². The van der Waals surface area contributed by atoms with Crippen LogP contribution in [0.3, 0.4) is 0 Å². The highest BCUT2D eigenvalue weighted by Gasteiger charge is 2.36. The molecule has 11 heteroatoms. The lowest BCUT2D eigenvalue weighted by Crippen LogP contribution is -2.46. The van der Waals surface area contributed by atoms with Gasteiger partial charge in [-0.15, -0.1) is 0 Å². The standard InChI is InChI=1S/C31H30ClFN4O5/c32-24-7-3-1-5-22(24)31(39)36(12-11-35-13-15-40-16-14-35)19-30(38)37-27(21-9-10-28-29(17-21)42-20-41-28)18-26(34-37)23-6-2-4-8-25(23)33/h1-10,17,27H,11-16,18-20H2. The van der Waals surface area contributed by atoms with Crippen LogP contribution in [0.25, 0.3) is 0 Å². The summed E-state index contributed by atoms with van der Waals surface area (Å²) in [5.74, 6) is 0.0199. The Morgan fingerprint density at radius 2 is 1.76 bits per heavy atom. The number of rotatable bonds is 8. The summed E-state index contributed by atoms with van der Waals surface area (Å²) in [6.07, 6.45) is 0.290. The number of benzene rings is 3. The van der Waals surface area contributed by atoms with Crippen LogP contribution in [0.4, 0.5) is 4.39 Å². The third-order valence-electron chi connectivity index (χ3n) is 7.64. The van der Waals surface area contributed by atoms with Gasteiger partial charge in [0.1, 0.15) is 12.4 Å². The molecule has 1 saturated heterocycles. The van der Waals surface area contributed by atoms with Crippen LogP contribution in [0.5, 0.6) is 11.5 Å². The van der Waals surface area contributed by atoms with Crippen molar-refractivity contribution in [2.75, 3.05) is 52.7 Å². The molecule has 1 fully saturated rings. The topological polar surface area (TPSA) is 83.9 Å². The smallest absolute Gasteiger partial charge is 0.262 e. The Morgan fingerprint density at radius 1 is 1.00 bits per heavy atom. The highest BCUT2D eigenvalue weighted by atomic mass is 35.5. The van der Waals surface area contributed by atoms with Gasteiger partial charge in [0, 0.05) is 38.2 Å². The molecule has 0 aromatic heterocycles. The average Bonchev–Trinajstić information content (AvgIpc) is 3.67. The number of amides is 2. The van der Waals surface area contributed by atoms with Crippen LogP contribution >= 0.6 is 11.6 Å². The zero-order valence-corrected chi connectivity index (χ0v) is 23.6. The summed E-state index contributed by atoms with van der Waals surface area (Å²) in [6.45, 7) is 3.50. The summed E-state index contributed by atoms with van der Waals surface area (Å²) in [7, 11) is 0. The minimum atomic E-state index is -0.530. The van der Waals surface area contributed by atoms with E-state index in [1.165, 1.54) is 16.0 Å². The maximum Gasteiger partial charge on any atom is 0.262 e. The molecule has 1 atom stereocenters. The first kappa shape index (κ1) is 28.1. The van der Waals surface area contributed by atoms with E-state index in [4.69, 9.17) is 25.8 Å². The van der Waals surface area contributed by atoms with Gasteiger partial charge in [-0.2, -0.15) is 5.10 Å². The number of hydrogen-bond acceptors (Lipinski definition) is 7. The Bertz CT molecular complexity index is 1510. The van der Waals surface area contributed by atoms with Crippen LogP contribution in [0.1, 0.15) is 33.9 Å². The second-order valence-corrected chi connectivity index (χ2v) is 10.7. The fourth-order valence-electron chi connectivity index (χ4n) is 5.36. The molecule has 3 heterocycles. The van der Waals surface area contributed by atoms with E-state index in [1.807, 2.05) is 12.1 Å². The molecule has 3 aliphatic rings. The minimum absolute atomic E-state index is 0.116. The number of nitrogens with zero attached hydrogens (tertiary/aromatic N) is 4. The Balaban J connectivity index is 1.29. The number of carbonyl (C=O) groups is 2. The van der Waals surface area contributed by atoms with E-state index >= 15 is 0 Å². The highest BCUT2D eigenvalue weighted by molar-refractivity contribution is 6.33. The molecule has 6 rings (SSSR count). The lowest BCUT2D eigenvalue weighted by Gasteiger charge is -2.31. The molecule has 2 amide bonds. The Hall–Kier alpha value is -3.99. The SMILES string of the molecule is O=C(c1ccccc1Cl)N(CCN1CCOCC1)CC(=O)N1N=C(c2ccccc2F)CC1c1ccc2c(c1)OCO2. The largest absolute Gasteiger partial charge is 0.454 e. The van der Waals surface area contributed by atoms with E-state index < -0.39 is 17.8 Å². The first-order chi connectivity index (χ1) is 20.5. The lowest BCUT2D eigenvalue weighted by molar-refractivity contribution is -0.133. The Kier molecular flexibility index (Phi) is 8.36. The molecule has 3 aliphatic heterocycles. The van der Waals surface area contributed by atoms with Crippen molar-refractivity contribution in [2.24, 2.45) is 5.10 Å². The maximum absolute atomic E-state index is 14.8. The fourth-order valence-corrected chi connectivity index (χ4v) is 5.57. The van der Waals surface area contributed by atoms with Crippen LogP contribution in [0, 0.1) is 5.82 Å². The zero-order chi connectivity index (χ0) is 29.1. The van der Waals surface area contributed by atoms with Crippen molar-refractivity contribution < 1.29 is 28.2 Å². The summed E-state index contributed by atoms with van der Waals surface area (Å²) in [6, 6.07) is 18.1. The molecule has 0 bridgehead atoms. The summed E-state index contributed by atoms with van der Waals surface area (Å²) >= 11 is 6.38. The van der Waals surface area contributed by atoms with E-state index in [0.717, 1.165) is 18.7 Å². The number of morpholine rings is 1. The van der Waals surface area contributed by atoms with Gasteiger partial charge in [-0.3, -0.25) is 14.5 Å². The molecule has 0 saturated carbocycles. The van der Waals surface area contributed by atoms with Gasteiger partial charge in [-0.05, 0) is 35.9 Å². The molecule has 9 nitrogen and oxygen atoms in total. The number of ether oxygens (including phenoxy) is 3. The van der Waals surface area contributed by atoms with Gasteiger partial charge in [0.25, 0.3) is 11.8 Å². The number of halogens is 2. The van der Waals surface area contributed by atoms with Crippen LogP contribution < -0.4 is 9.47 Å². The molecule has 3 aromatic carbocycles. The van der Waals surface area contributed by atoms with E-state index in [1.54, 1.807) is 48.5 Å². The van der Waals surface area contributed by atoms with Crippen LogP contribution in [0.15, 0.2) is 71.8 Å². The number of hydrogen-bond donors (Lipinski definition) is 0. The summed E-state index contributed by atoms with van der Waals surface area (Å²) in [4.78, 5) is 31.4. The predicted octanol–water partition coefficient (Wildman–Crippen LogP) is 4.36. The van der Waals surface area contributed by atoms with Gasteiger partial charge >= 0.3 is 0 Å². The van der Waals surface area contributed by atoms with Gasteiger partial charge in [0.05, 0.1) is 35.6 Å². The van der Waals surface area contributed by atoms with E-state index in [-0.39, 0.29) is 19.2 Å². The van der Waals surface area contributed by atoms with Crippen molar-refractivity contribution in [1.82, 2.24) is 14.8 Å². The van der Waals surface area contributed by atoms with Crippen molar-refractivity contribution in [2.45, 2.75) is 12.5 Å². The molecule has 0 N–H and O–H groups in total. The van der Waals surface area contributed by atoms with E-state index in [2.05, 4.69) is 10.0 Å². The number of hydrazone groups is 1. The molecule has 1 unspecified atom stereocenters. The van der Waals surface area contributed by atoms with Gasteiger partial charge in [-0.1, -0.05) is 48.0 Å². The fraction of sp³-hybridized carbons (Fsp3) is 0.323. The first-order valence-electron chi connectivity index (χ1n) is 13.9. The average molecular weight is 593 g/mol. The number of fused-ring (bicyclic) bond motifs is 1. The van der Waals surface area contributed by atoms with Gasteiger partial charge < -0.3 is 19.1 Å². The second-order valence-electron chi connectivity index (χ2n) is 10.3. The molecule has 0 aliphatic carbocycles. The van der Waals surface area contributed by atoms with Crippen molar-refractivity contribution in [3.05, 3.63) is 94.3 Å². The zero-order valence-electron chi connectivity index (χ0n) is 22.9. The monoisotopic (exact) mass is 592 g/mol. The van der Waals surface area contributed by atoms with Crippen molar-refractivity contribution >= 4 is 29.1 Å². The van der Waals surface area contributed by atoms with E-state index in [9.17, 15) is 14.0 Å². The van der Waals surface area contributed by atoms with Gasteiger partial charge in [0.15, 0.2) is 11.5 Å². The number of carbonyl (C=O) groups excluding carboxylic acids is 2. The molecule has 3 aromatic rings. The highest BCUT2D eigenvalue weighted by Crippen LogP contribution is 2.39. The maximum atomic E-state index is 14.8. The van der Waals surface area contributed by atoms with Gasteiger partial charge in [0.2, 0.25) is 6.79 Å². The Labute approximate surface area is 248 Å². The van der Waals surface area contributed by atoms with Crippen LogP contribution in [0.2, 0.25) is 5.02 Å². The molecule has 218 valence electrons. The lowest BCUT2D eigenvalue weighted by atomic mass is 9.97. The predicted molar refractivity (Wildman–Crippen MR) is 154 cm³/mol. The minimum Gasteiger partial charge on any atom is -0.454 e. The quantitative estimate of drug-likeness (QED) is 0.387. The van der Waals surface area contributed by atoms with Gasteiger partial charge in [-0.25, -0.2) is 9.40 Å². The normalized spacial score (nSPS) is 18.2. The van der Waals surface area contributed by atoms with E-state index in [0.29, 0.717) is 66.1 Å². The molecular formula is C31H30ClFN4O5. The molecule has 0 spiro atoms. The summed E-state index contributed by atoms with van der Waals surface area (Å²) < 4.78 is 31.3.